The van der Waals surface area contributed by atoms with Crippen LogP contribution in [0.25, 0.3) is 11.4 Å². The molecule has 1 N–H and O–H groups in total. The summed E-state index contributed by atoms with van der Waals surface area (Å²) in [6, 6.07) is 14.8. The normalized spacial score (nSPS) is 11.4. The van der Waals surface area contributed by atoms with E-state index in [1.807, 2.05) is 54.9 Å². The average Bonchev–Trinajstić information content (AvgIpc) is 3.11. The summed E-state index contributed by atoms with van der Waals surface area (Å²) in [6.45, 7) is 1.83. The number of carbonyl (C=O) groups excluding carboxylic acids is 1. The van der Waals surface area contributed by atoms with Gasteiger partial charge in [0, 0.05) is 17.6 Å². The lowest BCUT2D eigenvalue weighted by molar-refractivity contribution is -0.118. The Morgan fingerprint density at radius 3 is 2.52 bits per heavy atom. The van der Waals surface area contributed by atoms with Gasteiger partial charge in [-0.1, -0.05) is 23.4 Å². The molecule has 9 heteroatoms. The van der Waals surface area contributed by atoms with E-state index in [2.05, 4.69) is 20.7 Å². The van der Waals surface area contributed by atoms with Gasteiger partial charge in [-0.3, -0.25) is 4.79 Å². The number of thioether (sulfide) groups is 1. The first-order chi connectivity index (χ1) is 14.0. The van der Waals surface area contributed by atoms with E-state index in [9.17, 15) is 4.79 Å². The van der Waals surface area contributed by atoms with Crippen LogP contribution in [-0.2, 0) is 11.8 Å². The number of aromatic nitrogens is 3. The Labute approximate surface area is 178 Å². The van der Waals surface area contributed by atoms with Crippen LogP contribution in [0, 0.1) is 0 Å². The van der Waals surface area contributed by atoms with E-state index in [0.29, 0.717) is 21.7 Å². The maximum atomic E-state index is 12.1. The first kappa shape index (κ1) is 20.9. The monoisotopic (exact) mass is 429 g/mol. The van der Waals surface area contributed by atoms with Gasteiger partial charge in [0.15, 0.2) is 11.0 Å². The van der Waals surface area contributed by atoms with Gasteiger partial charge >= 0.3 is 0 Å². The van der Waals surface area contributed by atoms with Crippen LogP contribution >= 0.6 is 23.4 Å². The maximum absolute atomic E-state index is 12.1. The standard InChI is InChI=1S/C20H20ClN5O2S/c1-13(14-6-10-17(28-3)11-7-14)22-23-18(27)12-29-20-25-24-19(26(20)2)15-4-8-16(21)9-5-15/h4-11H,12H2,1-3H3,(H,23,27)/b22-13+. The third kappa shape index (κ3) is 5.36. The Kier molecular flexibility index (Phi) is 6.90. The molecule has 3 rings (SSSR count). The van der Waals surface area contributed by atoms with Crippen LogP contribution in [0.15, 0.2) is 58.8 Å². The van der Waals surface area contributed by atoms with E-state index < -0.39 is 0 Å². The second-order valence-corrected chi connectivity index (χ2v) is 7.50. The van der Waals surface area contributed by atoms with Gasteiger partial charge in [0.05, 0.1) is 18.6 Å². The molecule has 2 aromatic carbocycles. The number of nitrogens with one attached hydrogen (secondary N) is 1. The Bertz CT molecular complexity index is 1020. The van der Waals surface area contributed by atoms with Crippen LogP contribution in [0.5, 0.6) is 5.75 Å². The van der Waals surface area contributed by atoms with Gasteiger partial charge in [-0.15, -0.1) is 10.2 Å². The Balaban J connectivity index is 1.57. The highest BCUT2D eigenvalue weighted by atomic mass is 35.5. The lowest BCUT2D eigenvalue weighted by Gasteiger charge is -2.05. The minimum Gasteiger partial charge on any atom is -0.497 e. The van der Waals surface area contributed by atoms with Crippen molar-refractivity contribution in [3.8, 4) is 17.1 Å². The lowest BCUT2D eigenvalue weighted by atomic mass is 10.1. The van der Waals surface area contributed by atoms with Gasteiger partial charge in [-0.2, -0.15) is 5.10 Å². The van der Waals surface area contributed by atoms with Gasteiger partial charge in [0.25, 0.3) is 5.91 Å². The van der Waals surface area contributed by atoms with Gasteiger partial charge < -0.3 is 9.30 Å². The zero-order valence-corrected chi connectivity index (χ0v) is 17.8. The SMILES string of the molecule is COc1ccc(/C(C)=N/NC(=O)CSc2nnc(-c3ccc(Cl)cc3)n2C)cc1. The summed E-state index contributed by atoms with van der Waals surface area (Å²) in [7, 11) is 3.47. The molecule has 0 radical (unpaired) electrons. The number of ether oxygens (including phenoxy) is 1. The van der Waals surface area contributed by atoms with Crippen molar-refractivity contribution in [2.24, 2.45) is 12.1 Å². The molecule has 0 spiro atoms. The molecule has 0 bridgehead atoms. The van der Waals surface area contributed by atoms with Crippen LogP contribution in [0.4, 0.5) is 0 Å². The molecule has 7 nitrogen and oxygen atoms in total. The van der Waals surface area contributed by atoms with E-state index >= 15 is 0 Å². The summed E-state index contributed by atoms with van der Waals surface area (Å²) in [5.41, 5.74) is 5.08. The minimum atomic E-state index is -0.223. The number of rotatable bonds is 7. The molecule has 150 valence electrons. The second kappa shape index (κ2) is 9.58. The largest absolute Gasteiger partial charge is 0.497 e. The molecule has 0 aliphatic carbocycles. The molecule has 1 aromatic heterocycles. The van der Waals surface area contributed by atoms with Crippen molar-refractivity contribution in [1.82, 2.24) is 20.2 Å². The molecule has 0 atom stereocenters. The number of halogens is 1. The molecule has 29 heavy (non-hydrogen) atoms. The van der Waals surface area contributed by atoms with Gasteiger partial charge in [-0.25, -0.2) is 5.43 Å². The van der Waals surface area contributed by atoms with E-state index in [1.165, 1.54) is 11.8 Å². The van der Waals surface area contributed by atoms with Crippen molar-refractivity contribution in [1.29, 1.82) is 0 Å². The highest BCUT2D eigenvalue weighted by Crippen LogP contribution is 2.23. The van der Waals surface area contributed by atoms with Gasteiger partial charge in [0.2, 0.25) is 0 Å². The van der Waals surface area contributed by atoms with Gasteiger partial charge in [0.1, 0.15) is 5.75 Å². The van der Waals surface area contributed by atoms with Gasteiger partial charge in [-0.05, 0) is 61.0 Å². The molecule has 0 aliphatic heterocycles. The fraction of sp³-hybridized carbons (Fsp3) is 0.200. The number of methoxy groups -OCH3 is 1. The predicted molar refractivity (Wildman–Crippen MR) is 116 cm³/mol. The van der Waals surface area contributed by atoms with Crippen molar-refractivity contribution < 1.29 is 9.53 Å². The number of amides is 1. The number of hydrogen-bond acceptors (Lipinski definition) is 6. The topological polar surface area (TPSA) is 81.4 Å². The first-order valence-corrected chi connectivity index (χ1v) is 10.1. The summed E-state index contributed by atoms with van der Waals surface area (Å²) < 4.78 is 6.97. The third-order valence-electron chi connectivity index (χ3n) is 4.13. The Morgan fingerprint density at radius 2 is 1.86 bits per heavy atom. The van der Waals surface area contributed by atoms with E-state index in [4.69, 9.17) is 16.3 Å². The van der Waals surface area contributed by atoms with Crippen LogP contribution < -0.4 is 10.2 Å². The van der Waals surface area contributed by atoms with Crippen LogP contribution in [0.1, 0.15) is 12.5 Å². The lowest BCUT2D eigenvalue weighted by Crippen LogP contribution is -2.21. The minimum absolute atomic E-state index is 0.173. The molecule has 3 aromatic rings. The van der Waals surface area contributed by atoms with E-state index in [1.54, 1.807) is 19.2 Å². The van der Waals surface area contributed by atoms with Crippen molar-refractivity contribution in [2.45, 2.75) is 12.1 Å². The molecule has 1 heterocycles. The number of nitrogens with zero attached hydrogens (tertiary/aromatic N) is 4. The summed E-state index contributed by atoms with van der Waals surface area (Å²) in [6.07, 6.45) is 0. The van der Waals surface area contributed by atoms with Crippen molar-refractivity contribution in [3.63, 3.8) is 0 Å². The summed E-state index contributed by atoms with van der Waals surface area (Å²) >= 11 is 7.22. The fourth-order valence-corrected chi connectivity index (χ4v) is 3.33. The van der Waals surface area contributed by atoms with Crippen molar-refractivity contribution in [3.05, 3.63) is 59.1 Å². The molecule has 0 saturated heterocycles. The molecule has 0 saturated carbocycles. The molecule has 0 fully saturated rings. The fourth-order valence-electron chi connectivity index (χ4n) is 2.50. The zero-order chi connectivity index (χ0) is 20.8. The molecular weight excluding hydrogens is 410 g/mol. The Morgan fingerprint density at radius 1 is 1.17 bits per heavy atom. The molecule has 1 amide bonds. The smallest absolute Gasteiger partial charge is 0.250 e. The van der Waals surface area contributed by atoms with Crippen LogP contribution in [0.3, 0.4) is 0 Å². The van der Waals surface area contributed by atoms with Crippen molar-refractivity contribution >= 4 is 35.0 Å². The summed E-state index contributed by atoms with van der Waals surface area (Å²) in [5.74, 6) is 1.42. The zero-order valence-electron chi connectivity index (χ0n) is 16.2. The third-order valence-corrected chi connectivity index (χ3v) is 5.40. The molecule has 0 unspecified atom stereocenters. The highest BCUT2D eigenvalue weighted by molar-refractivity contribution is 7.99. The molecular formula is C20H20ClN5O2S. The second-order valence-electron chi connectivity index (χ2n) is 6.12. The number of hydrogen-bond donors (Lipinski definition) is 1. The Hall–Kier alpha value is -2.84. The highest BCUT2D eigenvalue weighted by Gasteiger charge is 2.13. The quantitative estimate of drug-likeness (QED) is 0.351. The predicted octanol–water partition coefficient (Wildman–Crippen LogP) is 3.78. The van der Waals surface area contributed by atoms with E-state index in [-0.39, 0.29) is 11.7 Å². The van der Waals surface area contributed by atoms with Crippen LogP contribution in [-0.4, -0.2) is 39.2 Å². The number of hydrazone groups is 1. The summed E-state index contributed by atoms with van der Waals surface area (Å²) in [5, 5.41) is 13.8. The van der Waals surface area contributed by atoms with E-state index in [0.717, 1.165) is 16.9 Å². The summed E-state index contributed by atoms with van der Waals surface area (Å²) in [4.78, 5) is 12.1. The van der Waals surface area contributed by atoms with Crippen molar-refractivity contribution in [2.75, 3.05) is 12.9 Å². The number of carbonyl (C=O) groups is 1. The van der Waals surface area contributed by atoms with Crippen LogP contribution in [0.2, 0.25) is 5.02 Å². The molecule has 0 aliphatic rings. The number of benzene rings is 2. The maximum Gasteiger partial charge on any atom is 0.250 e. The first-order valence-electron chi connectivity index (χ1n) is 8.73. The average molecular weight is 430 g/mol.